The van der Waals surface area contributed by atoms with E-state index in [9.17, 15) is 13.5 Å². The molecule has 1 rings (SSSR count). The summed E-state index contributed by atoms with van der Waals surface area (Å²) in [5, 5.41) is 9.82. The van der Waals surface area contributed by atoms with Crippen molar-refractivity contribution in [2.75, 3.05) is 19.6 Å². The molecule has 0 atom stereocenters. The number of hydrogen-bond acceptors (Lipinski definition) is 4. The number of hydrogen-bond donors (Lipinski definition) is 2. The number of sulfonamides is 1. The molecule has 0 aliphatic carbocycles. The van der Waals surface area contributed by atoms with Crippen LogP contribution in [-0.4, -0.2) is 43.1 Å². The van der Waals surface area contributed by atoms with Crippen molar-refractivity contribution in [3.05, 3.63) is 29.8 Å². The van der Waals surface area contributed by atoms with Gasteiger partial charge in [-0.15, -0.1) is 0 Å². The van der Waals surface area contributed by atoms with Crippen molar-refractivity contribution in [3.8, 4) is 0 Å². The molecule has 0 amide bonds. The third-order valence-corrected chi connectivity index (χ3v) is 4.85. The van der Waals surface area contributed by atoms with Gasteiger partial charge in [-0.25, -0.2) is 8.42 Å². The molecule has 3 N–H and O–H groups in total. The topological polar surface area (TPSA) is 83.6 Å². The molecule has 0 aromatic heterocycles. The van der Waals surface area contributed by atoms with E-state index in [0.29, 0.717) is 13.1 Å². The summed E-state index contributed by atoms with van der Waals surface area (Å²) in [6.45, 7) is 5.86. The number of nitrogens with zero attached hydrogens (tertiary/aromatic N) is 1. The van der Waals surface area contributed by atoms with E-state index in [4.69, 9.17) is 5.73 Å². The molecule has 1 aromatic carbocycles. The molecule has 0 aliphatic heterocycles. The smallest absolute Gasteiger partial charge is 0.243 e. The normalized spacial score (nSPS) is 12.9. The minimum absolute atomic E-state index is 0.0659. The molecule has 0 unspecified atom stereocenters. The second kappa shape index (κ2) is 6.67. The van der Waals surface area contributed by atoms with Crippen LogP contribution in [0.25, 0.3) is 0 Å². The quantitative estimate of drug-likeness (QED) is 0.786. The third-order valence-electron chi connectivity index (χ3n) is 2.91. The summed E-state index contributed by atoms with van der Waals surface area (Å²) in [6.07, 6.45) is 0.724. The van der Waals surface area contributed by atoms with Crippen LogP contribution in [0.15, 0.2) is 29.2 Å². The van der Waals surface area contributed by atoms with Gasteiger partial charge in [-0.3, -0.25) is 0 Å². The van der Waals surface area contributed by atoms with Crippen LogP contribution >= 0.6 is 0 Å². The van der Waals surface area contributed by atoms with Gasteiger partial charge in [0.15, 0.2) is 0 Å². The molecule has 6 heteroatoms. The summed E-state index contributed by atoms with van der Waals surface area (Å²) in [4.78, 5) is 0.240. The fraction of sp³-hybridized carbons (Fsp3) is 0.571. The first kappa shape index (κ1) is 17.1. The molecule has 0 saturated heterocycles. The number of likely N-dealkylation sites (N-methyl/N-ethyl adjacent to an activating group) is 1. The maximum atomic E-state index is 12.5. The van der Waals surface area contributed by atoms with Gasteiger partial charge in [0.1, 0.15) is 0 Å². The van der Waals surface area contributed by atoms with Gasteiger partial charge in [-0.05, 0) is 44.5 Å². The van der Waals surface area contributed by atoms with Gasteiger partial charge in [0.25, 0.3) is 0 Å². The molecule has 0 spiro atoms. The number of nitrogens with two attached hydrogens (primary N) is 1. The van der Waals surface area contributed by atoms with E-state index in [1.165, 1.54) is 4.31 Å². The minimum Gasteiger partial charge on any atom is -0.389 e. The molecule has 5 nitrogen and oxygen atoms in total. The monoisotopic (exact) mass is 300 g/mol. The predicted molar refractivity (Wildman–Crippen MR) is 79.9 cm³/mol. The van der Waals surface area contributed by atoms with E-state index in [1.807, 2.05) is 0 Å². The first-order valence-electron chi connectivity index (χ1n) is 6.72. The van der Waals surface area contributed by atoms with Crippen LogP contribution in [0.3, 0.4) is 0 Å². The zero-order chi connectivity index (χ0) is 15.4. The lowest BCUT2D eigenvalue weighted by molar-refractivity contribution is 0.0601. The fourth-order valence-electron chi connectivity index (χ4n) is 1.94. The first-order valence-corrected chi connectivity index (χ1v) is 8.16. The fourth-order valence-corrected chi connectivity index (χ4v) is 3.55. The average molecular weight is 300 g/mol. The Balaban J connectivity index is 3.01. The molecule has 0 fully saturated rings. The van der Waals surface area contributed by atoms with Gasteiger partial charge in [-0.2, -0.15) is 4.31 Å². The highest BCUT2D eigenvalue weighted by Crippen LogP contribution is 2.19. The summed E-state index contributed by atoms with van der Waals surface area (Å²) in [5.41, 5.74) is 5.41. The highest BCUT2D eigenvalue weighted by atomic mass is 32.2. The molecule has 0 saturated carbocycles. The van der Waals surface area contributed by atoms with Gasteiger partial charge < -0.3 is 10.8 Å². The van der Waals surface area contributed by atoms with Crippen LogP contribution in [0.5, 0.6) is 0 Å². The molecule has 0 heterocycles. The Morgan fingerprint density at radius 2 is 1.80 bits per heavy atom. The van der Waals surface area contributed by atoms with Crippen LogP contribution in [-0.2, 0) is 16.4 Å². The lowest BCUT2D eigenvalue weighted by atomic mass is 10.1. The molecule has 0 radical (unpaired) electrons. The van der Waals surface area contributed by atoms with Gasteiger partial charge in [0, 0.05) is 13.1 Å². The van der Waals surface area contributed by atoms with Crippen molar-refractivity contribution in [1.29, 1.82) is 0 Å². The van der Waals surface area contributed by atoms with Crippen molar-refractivity contribution in [1.82, 2.24) is 4.31 Å². The molecule has 1 aromatic rings. The first-order chi connectivity index (χ1) is 9.20. The van der Waals surface area contributed by atoms with Crippen molar-refractivity contribution in [3.63, 3.8) is 0 Å². The molecular weight excluding hydrogens is 276 g/mol. The van der Waals surface area contributed by atoms with E-state index in [-0.39, 0.29) is 11.4 Å². The zero-order valence-electron chi connectivity index (χ0n) is 12.3. The van der Waals surface area contributed by atoms with Crippen molar-refractivity contribution < 1.29 is 13.5 Å². The SMILES string of the molecule is CCN(CC(C)(C)O)S(=O)(=O)c1ccc(CCN)cc1. The second-order valence-corrected chi connectivity index (χ2v) is 7.36. The van der Waals surface area contributed by atoms with E-state index in [0.717, 1.165) is 12.0 Å². The van der Waals surface area contributed by atoms with E-state index < -0.39 is 15.6 Å². The van der Waals surface area contributed by atoms with Gasteiger partial charge in [0.05, 0.1) is 10.5 Å². The van der Waals surface area contributed by atoms with Crippen molar-refractivity contribution in [2.45, 2.75) is 37.7 Å². The zero-order valence-corrected chi connectivity index (χ0v) is 13.2. The Morgan fingerprint density at radius 1 is 1.25 bits per heavy atom. The van der Waals surface area contributed by atoms with Gasteiger partial charge in [-0.1, -0.05) is 19.1 Å². The summed E-state index contributed by atoms with van der Waals surface area (Å²) in [6, 6.07) is 6.73. The maximum absolute atomic E-state index is 12.5. The number of aliphatic hydroxyl groups is 1. The summed E-state index contributed by atoms with van der Waals surface area (Å²) < 4.78 is 26.3. The molecule has 20 heavy (non-hydrogen) atoms. The molecular formula is C14H24N2O3S. The lowest BCUT2D eigenvalue weighted by Crippen LogP contribution is -2.42. The Morgan fingerprint density at radius 3 is 2.20 bits per heavy atom. The molecule has 114 valence electrons. The predicted octanol–water partition coefficient (Wildman–Crippen LogP) is 0.969. The van der Waals surface area contributed by atoms with Gasteiger partial charge >= 0.3 is 0 Å². The Labute approximate surface area is 121 Å². The largest absolute Gasteiger partial charge is 0.389 e. The Hall–Kier alpha value is -0.950. The second-order valence-electron chi connectivity index (χ2n) is 5.43. The van der Waals surface area contributed by atoms with Gasteiger partial charge in [0.2, 0.25) is 10.0 Å². The lowest BCUT2D eigenvalue weighted by Gasteiger charge is -2.27. The van der Waals surface area contributed by atoms with Crippen molar-refractivity contribution in [2.24, 2.45) is 5.73 Å². The molecule has 0 aliphatic rings. The third kappa shape index (κ3) is 4.56. The summed E-state index contributed by atoms with van der Waals surface area (Å²) in [5.74, 6) is 0. The van der Waals surface area contributed by atoms with E-state index in [2.05, 4.69) is 0 Å². The highest BCUT2D eigenvalue weighted by Gasteiger charge is 2.28. The maximum Gasteiger partial charge on any atom is 0.243 e. The van der Waals surface area contributed by atoms with Crippen LogP contribution < -0.4 is 5.73 Å². The van der Waals surface area contributed by atoms with Crippen LogP contribution in [0, 0.1) is 0 Å². The van der Waals surface area contributed by atoms with Crippen LogP contribution in [0.2, 0.25) is 0 Å². The minimum atomic E-state index is -3.57. The van der Waals surface area contributed by atoms with Crippen molar-refractivity contribution >= 4 is 10.0 Å². The average Bonchev–Trinajstić information content (AvgIpc) is 2.36. The Bertz CT molecular complexity index is 518. The van der Waals surface area contributed by atoms with E-state index in [1.54, 1.807) is 45.0 Å². The van der Waals surface area contributed by atoms with E-state index >= 15 is 0 Å². The summed E-state index contributed by atoms with van der Waals surface area (Å²) in [7, 11) is -3.57. The summed E-state index contributed by atoms with van der Waals surface area (Å²) >= 11 is 0. The van der Waals surface area contributed by atoms with Crippen LogP contribution in [0.1, 0.15) is 26.3 Å². The highest BCUT2D eigenvalue weighted by molar-refractivity contribution is 7.89. The van der Waals surface area contributed by atoms with Crippen LogP contribution in [0.4, 0.5) is 0 Å². The number of rotatable bonds is 7. The standard InChI is InChI=1S/C14H24N2O3S/c1-4-16(11-14(2,3)17)20(18,19)13-7-5-12(6-8-13)9-10-15/h5-8,17H,4,9-11,15H2,1-3H3. The Kier molecular flexibility index (Phi) is 5.70. The number of benzene rings is 1. The molecule has 0 bridgehead atoms.